The first kappa shape index (κ1) is 16.0. The molecule has 0 saturated carbocycles. The second-order valence-electron chi connectivity index (χ2n) is 5.74. The van der Waals surface area contributed by atoms with Gasteiger partial charge in [-0.1, -0.05) is 71.9 Å². The molecule has 0 spiro atoms. The predicted octanol–water partition coefficient (Wildman–Crippen LogP) is 5.59. The molecule has 0 radical (unpaired) electrons. The first-order valence-electron chi connectivity index (χ1n) is 7.77. The number of hydrogen-bond donors (Lipinski definition) is 0. The summed E-state index contributed by atoms with van der Waals surface area (Å²) in [4.78, 5) is 0. The minimum Gasteiger partial charge on any atom is -0.249 e. The van der Waals surface area contributed by atoms with Crippen molar-refractivity contribution in [1.29, 1.82) is 0 Å². The smallest absolute Gasteiger partial charge is 0.141 e. The average molecular weight is 333 g/mol. The zero-order valence-corrected chi connectivity index (χ0v) is 14.7. The Hall–Kier alpha value is -0.920. The lowest BCUT2D eigenvalue weighted by molar-refractivity contribution is 0.377. The van der Waals surface area contributed by atoms with Crippen LogP contribution in [-0.2, 0) is 0 Å². The molecule has 2 atom stereocenters. The van der Waals surface area contributed by atoms with Gasteiger partial charge in [0.15, 0.2) is 0 Å². The van der Waals surface area contributed by atoms with Crippen molar-refractivity contribution in [2.75, 3.05) is 13.1 Å². The molecule has 0 amide bonds. The lowest BCUT2D eigenvalue weighted by Gasteiger charge is -2.32. The highest BCUT2D eigenvalue weighted by Gasteiger charge is 2.37. The molecule has 1 heterocycles. The Kier molecular flexibility index (Phi) is 5.15. The third kappa shape index (κ3) is 3.21. The summed E-state index contributed by atoms with van der Waals surface area (Å²) in [5.74, 6) is 0. The van der Waals surface area contributed by atoms with E-state index in [1.807, 2.05) is 0 Å². The highest BCUT2D eigenvalue weighted by Crippen LogP contribution is 2.59. The summed E-state index contributed by atoms with van der Waals surface area (Å²) in [7, 11) is -0.779. The summed E-state index contributed by atoms with van der Waals surface area (Å²) in [6, 6.07) is 22.0. The molecule has 0 bridgehead atoms. The highest BCUT2D eigenvalue weighted by molar-refractivity contribution is 7.80. The molecule has 1 aliphatic rings. The van der Waals surface area contributed by atoms with Gasteiger partial charge in [0.05, 0.1) is 0 Å². The van der Waals surface area contributed by atoms with Crippen molar-refractivity contribution in [3.05, 3.63) is 71.8 Å². The van der Waals surface area contributed by atoms with Gasteiger partial charge in [-0.05, 0) is 25.0 Å². The molecular formula is C18H22ClN2P. The Morgan fingerprint density at radius 1 is 0.773 bits per heavy atom. The van der Waals surface area contributed by atoms with Gasteiger partial charge in [-0.2, -0.15) is 0 Å². The summed E-state index contributed by atoms with van der Waals surface area (Å²) in [6.45, 7) is 6.57. The van der Waals surface area contributed by atoms with Gasteiger partial charge in [-0.3, -0.25) is 0 Å². The molecule has 22 heavy (non-hydrogen) atoms. The second-order valence-corrected chi connectivity index (χ2v) is 8.16. The van der Waals surface area contributed by atoms with Crippen molar-refractivity contribution < 1.29 is 0 Å². The summed E-state index contributed by atoms with van der Waals surface area (Å²) in [6.07, 6.45) is 0. The summed E-state index contributed by atoms with van der Waals surface area (Å²) in [5.41, 5.74) is 2.68. The summed E-state index contributed by atoms with van der Waals surface area (Å²) < 4.78 is 4.87. The Balaban J connectivity index is 1.73. The van der Waals surface area contributed by atoms with Crippen molar-refractivity contribution >= 4 is 18.8 Å². The minimum atomic E-state index is -0.779. The van der Waals surface area contributed by atoms with Gasteiger partial charge in [0.1, 0.15) is 7.58 Å². The Bertz CT molecular complexity index is 539. The van der Waals surface area contributed by atoms with E-state index < -0.39 is 7.58 Å². The van der Waals surface area contributed by atoms with E-state index >= 15 is 0 Å². The molecule has 3 rings (SSSR count). The SMILES string of the molecule is C[C@@H](c1ccccc1)N1CCN([C@@H](C)c2ccccc2)P1Cl. The van der Waals surface area contributed by atoms with Gasteiger partial charge in [0.25, 0.3) is 0 Å². The van der Waals surface area contributed by atoms with Crippen molar-refractivity contribution in [2.45, 2.75) is 25.9 Å². The maximum atomic E-state index is 6.85. The molecule has 2 nitrogen and oxygen atoms in total. The van der Waals surface area contributed by atoms with E-state index in [1.165, 1.54) is 11.1 Å². The van der Waals surface area contributed by atoms with Crippen LogP contribution in [0.1, 0.15) is 37.1 Å². The van der Waals surface area contributed by atoms with E-state index in [4.69, 9.17) is 11.2 Å². The molecule has 1 aliphatic heterocycles. The molecule has 0 aliphatic carbocycles. The summed E-state index contributed by atoms with van der Waals surface area (Å²) >= 11 is 6.85. The second kappa shape index (κ2) is 7.10. The van der Waals surface area contributed by atoms with Crippen LogP contribution in [0.4, 0.5) is 0 Å². The van der Waals surface area contributed by atoms with Crippen LogP contribution in [0.5, 0.6) is 0 Å². The predicted molar refractivity (Wildman–Crippen MR) is 95.9 cm³/mol. The molecule has 0 aromatic heterocycles. The Labute approximate surface area is 139 Å². The summed E-state index contributed by atoms with van der Waals surface area (Å²) in [5, 5.41) is 0. The Morgan fingerprint density at radius 3 is 1.50 bits per heavy atom. The van der Waals surface area contributed by atoms with Crippen LogP contribution in [0, 0.1) is 0 Å². The molecule has 2 aromatic rings. The average Bonchev–Trinajstić information content (AvgIpc) is 2.96. The van der Waals surface area contributed by atoms with E-state index in [1.54, 1.807) is 0 Å². The standard InChI is InChI=1S/C18H22ClN2P/c1-15(17-9-5-3-6-10-17)20-13-14-21(22(20)19)16(2)18-11-7-4-8-12-18/h3-12,15-16H,13-14H2,1-2H3/t15-,16-/m0/s1. The van der Waals surface area contributed by atoms with Crippen LogP contribution in [0.15, 0.2) is 60.7 Å². The minimum absolute atomic E-state index is 0.359. The van der Waals surface area contributed by atoms with Crippen LogP contribution in [0.2, 0.25) is 0 Å². The highest BCUT2D eigenvalue weighted by atomic mass is 35.7. The number of hydrogen-bond acceptors (Lipinski definition) is 2. The molecule has 2 aromatic carbocycles. The Morgan fingerprint density at radius 2 is 1.14 bits per heavy atom. The van der Waals surface area contributed by atoms with E-state index in [2.05, 4.69) is 83.9 Å². The van der Waals surface area contributed by atoms with Gasteiger partial charge >= 0.3 is 0 Å². The number of benzene rings is 2. The van der Waals surface area contributed by atoms with E-state index in [-0.39, 0.29) is 0 Å². The molecule has 1 saturated heterocycles. The fourth-order valence-corrected chi connectivity index (χ4v) is 5.88. The maximum Gasteiger partial charge on any atom is 0.141 e. The fourth-order valence-electron chi connectivity index (χ4n) is 3.00. The zero-order valence-electron chi connectivity index (χ0n) is 13.1. The quantitative estimate of drug-likeness (QED) is 0.673. The van der Waals surface area contributed by atoms with Crippen LogP contribution in [-0.4, -0.2) is 22.4 Å². The van der Waals surface area contributed by atoms with Gasteiger partial charge < -0.3 is 0 Å². The first-order valence-corrected chi connectivity index (χ1v) is 9.92. The molecular weight excluding hydrogens is 311 g/mol. The number of halogens is 1. The van der Waals surface area contributed by atoms with Gasteiger partial charge in [0, 0.05) is 25.2 Å². The monoisotopic (exact) mass is 332 g/mol. The van der Waals surface area contributed by atoms with Crippen molar-refractivity contribution in [1.82, 2.24) is 9.34 Å². The molecule has 1 fully saturated rings. The molecule has 4 heteroatoms. The molecule has 116 valence electrons. The van der Waals surface area contributed by atoms with Crippen molar-refractivity contribution in [2.24, 2.45) is 0 Å². The van der Waals surface area contributed by atoms with Crippen molar-refractivity contribution in [3.63, 3.8) is 0 Å². The van der Waals surface area contributed by atoms with Gasteiger partial charge in [-0.25, -0.2) is 9.34 Å². The number of rotatable bonds is 4. The third-order valence-electron chi connectivity index (χ3n) is 4.44. The van der Waals surface area contributed by atoms with Crippen LogP contribution in [0.3, 0.4) is 0 Å². The fraction of sp³-hybridized carbons (Fsp3) is 0.333. The number of nitrogens with zero attached hydrogens (tertiary/aromatic N) is 2. The lowest BCUT2D eigenvalue weighted by atomic mass is 10.1. The van der Waals surface area contributed by atoms with E-state index in [0.29, 0.717) is 12.1 Å². The van der Waals surface area contributed by atoms with E-state index in [9.17, 15) is 0 Å². The van der Waals surface area contributed by atoms with Crippen LogP contribution < -0.4 is 0 Å². The van der Waals surface area contributed by atoms with Crippen LogP contribution in [0.25, 0.3) is 0 Å². The van der Waals surface area contributed by atoms with Crippen LogP contribution >= 0.6 is 18.8 Å². The van der Waals surface area contributed by atoms with Crippen molar-refractivity contribution in [3.8, 4) is 0 Å². The van der Waals surface area contributed by atoms with Gasteiger partial charge in [0.2, 0.25) is 0 Å². The topological polar surface area (TPSA) is 6.48 Å². The first-order chi connectivity index (χ1) is 10.7. The normalized spacial score (nSPS) is 20.1. The lowest BCUT2D eigenvalue weighted by Crippen LogP contribution is -2.18. The molecule has 0 unspecified atom stereocenters. The zero-order chi connectivity index (χ0) is 15.5. The maximum absolute atomic E-state index is 6.85. The van der Waals surface area contributed by atoms with Gasteiger partial charge in [-0.15, -0.1) is 0 Å². The largest absolute Gasteiger partial charge is 0.249 e. The third-order valence-corrected chi connectivity index (χ3v) is 7.55. The molecule has 0 N–H and O–H groups in total. The van der Waals surface area contributed by atoms with E-state index in [0.717, 1.165) is 13.1 Å².